The molecule has 0 fully saturated rings. The smallest absolute Gasteiger partial charge is 0.326 e. The monoisotopic (exact) mass is 335 g/mol. The van der Waals surface area contributed by atoms with Crippen molar-refractivity contribution in [2.45, 2.75) is 33.9 Å². The molecule has 0 saturated carbocycles. The third-order valence-corrected chi connectivity index (χ3v) is 4.28. The number of aryl methyl sites for hydroxylation is 3. The van der Waals surface area contributed by atoms with E-state index in [4.69, 9.17) is 4.74 Å². The van der Waals surface area contributed by atoms with E-state index in [1.54, 1.807) is 6.07 Å². The van der Waals surface area contributed by atoms with Crippen molar-refractivity contribution in [1.82, 2.24) is 4.57 Å². The Morgan fingerprint density at radius 1 is 1.00 bits per heavy atom. The number of hydrogen-bond acceptors (Lipinski definition) is 3. The fraction of sp³-hybridized carbons (Fsp3) is 0.238. The molecular formula is C21H21NO3. The summed E-state index contributed by atoms with van der Waals surface area (Å²) in [7, 11) is 0. The molecule has 25 heavy (non-hydrogen) atoms. The van der Waals surface area contributed by atoms with Gasteiger partial charge in [-0.3, -0.25) is 14.2 Å². The van der Waals surface area contributed by atoms with Crippen LogP contribution in [0.1, 0.15) is 22.3 Å². The first-order valence-corrected chi connectivity index (χ1v) is 8.26. The molecule has 3 rings (SSSR count). The second-order valence-corrected chi connectivity index (χ2v) is 6.38. The van der Waals surface area contributed by atoms with Crippen molar-refractivity contribution in [3.05, 3.63) is 81.1 Å². The zero-order chi connectivity index (χ0) is 18.0. The average Bonchev–Trinajstić information content (AvgIpc) is 2.57. The Morgan fingerprint density at radius 2 is 1.72 bits per heavy atom. The Hall–Kier alpha value is -2.88. The van der Waals surface area contributed by atoms with E-state index >= 15 is 0 Å². The predicted molar refractivity (Wildman–Crippen MR) is 98.7 cm³/mol. The van der Waals surface area contributed by atoms with E-state index in [1.165, 1.54) is 4.57 Å². The highest BCUT2D eigenvalue weighted by Crippen LogP contribution is 2.22. The summed E-state index contributed by atoms with van der Waals surface area (Å²) in [6.07, 6.45) is 0. The second kappa shape index (κ2) is 6.93. The van der Waals surface area contributed by atoms with Gasteiger partial charge in [0.2, 0.25) is 0 Å². The first kappa shape index (κ1) is 17.0. The van der Waals surface area contributed by atoms with Gasteiger partial charge in [0, 0.05) is 11.5 Å². The molecule has 1 heterocycles. The van der Waals surface area contributed by atoms with Gasteiger partial charge in [-0.05, 0) is 43.5 Å². The second-order valence-electron chi connectivity index (χ2n) is 6.38. The first-order chi connectivity index (χ1) is 12.0. The minimum absolute atomic E-state index is 0.0909. The molecule has 0 aliphatic rings. The van der Waals surface area contributed by atoms with Crippen molar-refractivity contribution < 1.29 is 9.53 Å². The molecule has 1 aromatic heterocycles. The molecule has 128 valence electrons. The van der Waals surface area contributed by atoms with Crippen LogP contribution in [-0.2, 0) is 22.7 Å². The topological polar surface area (TPSA) is 48.3 Å². The number of carbonyl (C=O) groups excluding carboxylic acids is 1. The quantitative estimate of drug-likeness (QED) is 0.684. The number of carbonyl (C=O) groups is 1. The van der Waals surface area contributed by atoms with Gasteiger partial charge < -0.3 is 4.74 Å². The summed E-state index contributed by atoms with van der Waals surface area (Å²) < 4.78 is 6.84. The lowest BCUT2D eigenvalue weighted by Gasteiger charge is -2.15. The molecule has 0 N–H and O–H groups in total. The third kappa shape index (κ3) is 3.63. The standard InChI is InChI=1S/C21H21NO3/c1-14-9-16(3)21-18(10-14)15(2)11-19(23)22(21)12-20(24)25-13-17-7-5-4-6-8-17/h4-11H,12-13H2,1-3H3. The fourth-order valence-electron chi connectivity index (χ4n) is 3.14. The van der Waals surface area contributed by atoms with Gasteiger partial charge in [-0.15, -0.1) is 0 Å². The van der Waals surface area contributed by atoms with Crippen LogP contribution in [0.15, 0.2) is 53.3 Å². The maximum Gasteiger partial charge on any atom is 0.326 e. The Kier molecular flexibility index (Phi) is 4.70. The number of esters is 1. The summed E-state index contributed by atoms with van der Waals surface area (Å²) in [6, 6.07) is 15.1. The Bertz CT molecular complexity index is 987. The highest BCUT2D eigenvalue weighted by atomic mass is 16.5. The summed E-state index contributed by atoms with van der Waals surface area (Å²) in [5.74, 6) is -0.420. The number of rotatable bonds is 4. The maximum absolute atomic E-state index is 12.5. The molecule has 0 unspecified atom stereocenters. The summed E-state index contributed by atoms with van der Waals surface area (Å²) >= 11 is 0. The summed E-state index contributed by atoms with van der Waals surface area (Å²) in [5.41, 5.74) is 4.56. The van der Waals surface area contributed by atoms with E-state index in [9.17, 15) is 9.59 Å². The van der Waals surface area contributed by atoms with E-state index < -0.39 is 5.97 Å². The van der Waals surface area contributed by atoms with E-state index in [0.29, 0.717) is 0 Å². The highest BCUT2D eigenvalue weighted by Gasteiger charge is 2.13. The van der Waals surface area contributed by atoms with Crippen LogP contribution in [0.2, 0.25) is 0 Å². The van der Waals surface area contributed by atoms with Gasteiger partial charge in [-0.2, -0.15) is 0 Å². The van der Waals surface area contributed by atoms with E-state index in [2.05, 4.69) is 0 Å². The van der Waals surface area contributed by atoms with Gasteiger partial charge in [-0.25, -0.2) is 0 Å². The number of fused-ring (bicyclic) bond motifs is 1. The number of hydrogen-bond donors (Lipinski definition) is 0. The molecule has 0 aliphatic carbocycles. The summed E-state index contributed by atoms with van der Waals surface area (Å²) in [4.78, 5) is 24.7. The van der Waals surface area contributed by atoms with Crippen molar-refractivity contribution in [3.8, 4) is 0 Å². The van der Waals surface area contributed by atoms with Crippen molar-refractivity contribution >= 4 is 16.9 Å². The average molecular weight is 335 g/mol. The zero-order valence-electron chi connectivity index (χ0n) is 14.7. The minimum Gasteiger partial charge on any atom is -0.459 e. The van der Waals surface area contributed by atoms with E-state index in [-0.39, 0.29) is 18.7 Å². The number of ether oxygens (including phenoxy) is 1. The lowest BCUT2D eigenvalue weighted by molar-refractivity contribution is -0.145. The molecule has 2 aromatic carbocycles. The normalized spacial score (nSPS) is 10.8. The molecule has 0 amide bonds. The zero-order valence-corrected chi connectivity index (χ0v) is 14.7. The Balaban J connectivity index is 1.91. The summed E-state index contributed by atoms with van der Waals surface area (Å²) in [6.45, 7) is 6.01. The van der Waals surface area contributed by atoms with Gasteiger partial charge in [0.1, 0.15) is 13.2 Å². The molecule has 0 spiro atoms. The first-order valence-electron chi connectivity index (χ1n) is 8.26. The van der Waals surface area contributed by atoms with Crippen LogP contribution < -0.4 is 5.56 Å². The van der Waals surface area contributed by atoms with Gasteiger partial charge in [-0.1, -0.05) is 42.0 Å². The molecule has 0 radical (unpaired) electrons. The molecule has 0 aliphatic heterocycles. The number of pyridine rings is 1. The third-order valence-electron chi connectivity index (χ3n) is 4.28. The van der Waals surface area contributed by atoms with Crippen LogP contribution in [0, 0.1) is 20.8 Å². The molecule has 4 heteroatoms. The van der Waals surface area contributed by atoms with Crippen molar-refractivity contribution in [2.24, 2.45) is 0 Å². The van der Waals surface area contributed by atoms with Crippen LogP contribution >= 0.6 is 0 Å². The van der Waals surface area contributed by atoms with Crippen molar-refractivity contribution in [3.63, 3.8) is 0 Å². The Labute approximate surface area is 146 Å². The van der Waals surface area contributed by atoms with Crippen LogP contribution in [0.3, 0.4) is 0 Å². The molecular weight excluding hydrogens is 314 g/mol. The Morgan fingerprint density at radius 3 is 2.44 bits per heavy atom. The lowest BCUT2D eigenvalue weighted by Crippen LogP contribution is -2.26. The van der Waals surface area contributed by atoms with Crippen molar-refractivity contribution in [1.29, 1.82) is 0 Å². The van der Waals surface area contributed by atoms with Crippen LogP contribution in [0.25, 0.3) is 10.9 Å². The highest BCUT2D eigenvalue weighted by molar-refractivity contribution is 5.87. The van der Waals surface area contributed by atoms with Gasteiger partial charge in [0.25, 0.3) is 5.56 Å². The van der Waals surface area contributed by atoms with Crippen molar-refractivity contribution in [2.75, 3.05) is 0 Å². The van der Waals surface area contributed by atoms with Crippen LogP contribution in [-0.4, -0.2) is 10.5 Å². The van der Waals surface area contributed by atoms with Crippen LogP contribution in [0.5, 0.6) is 0 Å². The van der Waals surface area contributed by atoms with E-state index in [0.717, 1.165) is 33.2 Å². The molecule has 0 atom stereocenters. The predicted octanol–water partition coefficient (Wildman–Crippen LogP) is 3.67. The largest absolute Gasteiger partial charge is 0.459 e. The molecule has 0 saturated heterocycles. The molecule has 4 nitrogen and oxygen atoms in total. The van der Waals surface area contributed by atoms with Gasteiger partial charge in [0.15, 0.2) is 0 Å². The van der Waals surface area contributed by atoms with Gasteiger partial charge >= 0.3 is 5.97 Å². The minimum atomic E-state index is -0.420. The maximum atomic E-state index is 12.5. The van der Waals surface area contributed by atoms with Crippen LogP contribution in [0.4, 0.5) is 0 Å². The number of nitrogens with zero attached hydrogens (tertiary/aromatic N) is 1. The van der Waals surface area contributed by atoms with Gasteiger partial charge in [0.05, 0.1) is 5.52 Å². The number of benzene rings is 2. The SMILES string of the molecule is Cc1cc(C)c2c(c1)c(C)cc(=O)n2CC(=O)OCc1ccccc1. The molecule has 3 aromatic rings. The molecule has 0 bridgehead atoms. The fourth-order valence-corrected chi connectivity index (χ4v) is 3.14. The lowest BCUT2D eigenvalue weighted by atomic mass is 10.0. The summed E-state index contributed by atoms with van der Waals surface area (Å²) in [5, 5.41) is 0.993. The van der Waals surface area contributed by atoms with E-state index in [1.807, 2.05) is 63.2 Å². The number of aromatic nitrogens is 1.